The number of rotatable bonds is 3. The highest BCUT2D eigenvalue weighted by Gasteiger charge is 2.10. The van der Waals surface area contributed by atoms with Crippen LogP contribution in [0.15, 0.2) is 55.0 Å². The molecule has 2 aromatic heterocycles. The lowest BCUT2D eigenvalue weighted by molar-refractivity contribution is 0.100. The molecule has 0 spiro atoms. The number of para-hydroxylation sites is 1. The molecule has 0 unspecified atom stereocenters. The molecule has 3 aromatic rings. The number of hydrogen-bond donors (Lipinski definition) is 3. The number of nitrogens with zero attached hydrogens (tertiary/aromatic N) is 2. The number of nitrogens with one attached hydrogen (secondary N) is 2. The van der Waals surface area contributed by atoms with Gasteiger partial charge in [-0.25, -0.2) is 9.78 Å². The third-order valence-electron chi connectivity index (χ3n) is 3.09. The van der Waals surface area contributed by atoms with Crippen molar-refractivity contribution in [3.63, 3.8) is 0 Å². The van der Waals surface area contributed by atoms with Crippen LogP contribution in [0.3, 0.4) is 0 Å². The molecule has 0 aliphatic rings. The molecule has 22 heavy (non-hydrogen) atoms. The van der Waals surface area contributed by atoms with Gasteiger partial charge in [-0.2, -0.15) is 0 Å². The number of nitrogens with two attached hydrogens (primary N) is 1. The van der Waals surface area contributed by atoms with E-state index >= 15 is 0 Å². The number of fused-ring (bicyclic) bond motifs is 1. The van der Waals surface area contributed by atoms with Crippen molar-refractivity contribution in [2.45, 2.75) is 0 Å². The van der Waals surface area contributed by atoms with E-state index in [1.807, 2.05) is 0 Å². The van der Waals surface area contributed by atoms with Crippen molar-refractivity contribution in [2.75, 3.05) is 10.6 Å². The SMILES string of the molecule is NC(=O)c1ccccc1NC(=O)Nc1ccc2nccn2c1. The lowest BCUT2D eigenvalue weighted by atomic mass is 10.1. The first-order valence-electron chi connectivity index (χ1n) is 6.53. The summed E-state index contributed by atoms with van der Waals surface area (Å²) >= 11 is 0. The summed E-state index contributed by atoms with van der Waals surface area (Å²) < 4.78 is 1.78. The van der Waals surface area contributed by atoms with Gasteiger partial charge in [0.2, 0.25) is 0 Å². The minimum Gasteiger partial charge on any atom is -0.366 e. The van der Waals surface area contributed by atoms with Gasteiger partial charge in [0.1, 0.15) is 5.65 Å². The Bertz CT molecular complexity index is 856. The van der Waals surface area contributed by atoms with E-state index < -0.39 is 11.9 Å². The Kier molecular flexibility index (Phi) is 3.45. The van der Waals surface area contributed by atoms with Crippen molar-refractivity contribution in [3.05, 3.63) is 60.6 Å². The molecular formula is C15H13N5O2. The van der Waals surface area contributed by atoms with E-state index in [1.165, 1.54) is 0 Å². The van der Waals surface area contributed by atoms with Gasteiger partial charge in [-0.15, -0.1) is 0 Å². The van der Waals surface area contributed by atoms with Crippen LogP contribution in [-0.4, -0.2) is 21.3 Å². The summed E-state index contributed by atoms with van der Waals surface area (Å²) in [4.78, 5) is 27.5. The zero-order valence-electron chi connectivity index (χ0n) is 11.5. The summed E-state index contributed by atoms with van der Waals surface area (Å²) in [6.07, 6.45) is 5.19. The highest BCUT2D eigenvalue weighted by molar-refractivity contribution is 6.06. The van der Waals surface area contributed by atoms with Crippen molar-refractivity contribution in [2.24, 2.45) is 5.73 Å². The Hall–Kier alpha value is -3.35. The van der Waals surface area contributed by atoms with Gasteiger partial charge in [0.15, 0.2) is 0 Å². The Balaban J connectivity index is 1.76. The molecule has 1 aromatic carbocycles. The molecule has 7 nitrogen and oxygen atoms in total. The van der Waals surface area contributed by atoms with Crippen LogP contribution in [0.25, 0.3) is 5.65 Å². The minimum atomic E-state index is -0.601. The standard InChI is InChI=1S/C15H13N5O2/c16-14(21)11-3-1-2-4-12(11)19-15(22)18-10-5-6-13-17-7-8-20(13)9-10/h1-9H,(H2,16,21)(H2,18,19,22). The van der Waals surface area contributed by atoms with E-state index in [1.54, 1.807) is 59.4 Å². The number of hydrogen-bond acceptors (Lipinski definition) is 3. The summed E-state index contributed by atoms with van der Waals surface area (Å²) in [5, 5.41) is 5.29. The predicted octanol–water partition coefficient (Wildman–Crippen LogP) is 2.08. The molecule has 0 aliphatic heterocycles. The van der Waals surface area contributed by atoms with Crippen LogP contribution in [0.5, 0.6) is 0 Å². The van der Waals surface area contributed by atoms with Crippen molar-refractivity contribution in [1.29, 1.82) is 0 Å². The molecule has 0 fully saturated rings. The van der Waals surface area contributed by atoms with Gasteiger partial charge in [-0.1, -0.05) is 12.1 Å². The first-order chi connectivity index (χ1) is 10.6. The van der Waals surface area contributed by atoms with E-state index in [0.29, 0.717) is 11.4 Å². The van der Waals surface area contributed by atoms with Crippen LogP contribution in [0.4, 0.5) is 16.2 Å². The summed E-state index contributed by atoms with van der Waals surface area (Å²) in [7, 11) is 0. The molecule has 0 radical (unpaired) electrons. The van der Waals surface area contributed by atoms with Gasteiger partial charge in [-0.3, -0.25) is 4.79 Å². The predicted molar refractivity (Wildman–Crippen MR) is 82.8 cm³/mol. The monoisotopic (exact) mass is 295 g/mol. The molecule has 0 saturated heterocycles. The van der Waals surface area contributed by atoms with E-state index in [2.05, 4.69) is 15.6 Å². The van der Waals surface area contributed by atoms with Gasteiger partial charge >= 0.3 is 6.03 Å². The van der Waals surface area contributed by atoms with E-state index in [-0.39, 0.29) is 5.56 Å². The lowest BCUT2D eigenvalue weighted by Gasteiger charge is -2.10. The smallest absolute Gasteiger partial charge is 0.323 e. The van der Waals surface area contributed by atoms with Crippen LogP contribution in [0.1, 0.15) is 10.4 Å². The average Bonchev–Trinajstić information content (AvgIpc) is 2.95. The van der Waals surface area contributed by atoms with Crippen LogP contribution in [-0.2, 0) is 0 Å². The number of benzene rings is 1. The van der Waals surface area contributed by atoms with Crippen LogP contribution in [0, 0.1) is 0 Å². The highest BCUT2D eigenvalue weighted by atomic mass is 16.2. The summed E-state index contributed by atoms with van der Waals surface area (Å²) in [6, 6.07) is 9.60. The fourth-order valence-electron chi connectivity index (χ4n) is 2.09. The summed E-state index contributed by atoms with van der Waals surface area (Å²) in [5.74, 6) is -0.601. The molecule has 3 amide bonds. The van der Waals surface area contributed by atoms with Crippen LogP contribution < -0.4 is 16.4 Å². The molecule has 0 aliphatic carbocycles. The fourth-order valence-corrected chi connectivity index (χ4v) is 2.09. The van der Waals surface area contributed by atoms with Crippen LogP contribution in [0.2, 0.25) is 0 Å². The third-order valence-corrected chi connectivity index (χ3v) is 3.09. The number of pyridine rings is 1. The van der Waals surface area contributed by atoms with E-state index in [9.17, 15) is 9.59 Å². The van der Waals surface area contributed by atoms with Gasteiger partial charge in [0.05, 0.1) is 16.9 Å². The van der Waals surface area contributed by atoms with Crippen molar-refractivity contribution >= 4 is 29.0 Å². The Morgan fingerprint density at radius 1 is 1.09 bits per heavy atom. The van der Waals surface area contributed by atoms with E-state index in [4.69, 9.17) is 5.73 Å². The Morgan fingerprint density at radius 3 is 2.73 bits per heavy atom. The zero-order chi connectivity index (χ0) is 15.5. The first kappa shape index (κ1) is 13.6. The number of amides is 3. The van der Waals surface area contributed by atoms with Crippen LogP contribution >= 0.6 is 0 Å². The number of primary amides is 1. The number of anilines is 2. The molecular weight excluding hydrogens is 282 g/mol. The average molecular weight is 295 g/mol. The first-order valence-corrected chi connectivity index (χ1v) is 6.53. The molecule has 0 bridgehead atoms. The second-order valence-corrected chi connectivity index (χ2v) is 4.60. The number of carbonyl (C=O) groups is 2. The van der Waals surface area contributed by atoms with Crippen molar-refractivity contribution in [1.82, 2.24) is 9.38 Å². The quantitative estimate of drug-likeness (QED) is 0.689. The maximum Gasteiger partial charge on any atom is 0.323 e. The molecule has 0 atom stereocenters. The molecule has 110 valence electrons. The second-order valence-electron chi connectivity index (χ2n) is 4.60. The molecule has 7 heteroatoms. The molecule has 2 heterocycles. The Morgan fingerprint density at radius 2 is 1.91 bits per heavy atom. The summed E-state index contributed by atoms with van der Waals surface area (Å²) in [6.45, 7) is 0. The third kappa shape index (κ3) is 2.73. The maximum absolute atomic E-state index is 12.0. The number of aromatic nitrogens is 2. The summed E-state index contributed by atoms with van der Waals surface area (Å²) in [5.41, 5.74) is 7.26. The number of carbonyl (C=O) groups excluding carboxylic acids is 2. The maximum atomic E-state index is 12.0. The molecule has 3 rings (SSSR count). The van der Waals surface area contributed by atoms with Gasteiger partial charge in [0.25, 0.3) is 5.91 Å². The zero-order valence-corrected chi connectivity index (χ0v) is 11.5. The van der Waals surface area contributed by atoms with Crippen molar-refractivity contribution in [3.8, 4) is 0 Å². The Labute approximate surface area is 125 Å². The number of urea groups is 1. The van der Waals surface area contributed by atoms with Crippen molar-refractivity contribution < 1.29 is 9.59 Å². The largest absolute Gasteiger partial charge is 0.366 e. The fraction of sp³-hybridized carbons (Fsp3) is 0. The molecule has 4 N–H and O–H groups in total. The lowest BCUT2D eigenvalue weighted by Crippen LogP contribution is -2.22. The highest BCUT2D eigenvalue weighted by Crippen LogP contribution is 2.15. The normalized spacial score (nSPS) is 10.4. The van der Waals surface area contributed by atoms with E-state index in [0.717, 1.165) is 5.65 Å². The topological polar surface area (TPSA) is 102 Å². The van der Waals surface area contributed by atoms with Gasteiger partial charge in [0, 0.05) is 18.6 Å². The molecule has 0 saturated carbocycles. The van der Waals surface area contributed by atoms with Gasteiger partial charge < -0.3 is 20.8 Å². The van der Waals surface area contributed by atoms with Gasteiger partial charge in [-0.05, 0) is 24.3 Å². The minimum absolute atomic E-state index is 0.253. The number of imidazole rings is 1. The second kappa shape index (κ2) is 5.57.